The molecule has 0 aliphatic carbocycles. The van der Waals surface area contributed by atoms with Gasteiger partial charge in [-0.3, -0.25) is 4.18 Å². The predicted octanol–water partition coefficient (Wildman–Crippen LogP) is 2.96. The summed E-state index contributed by atoms with van der Waals surface area (Å²) >= 11 is 0. The predicted molar refractivity (Wildman–Crippen MR) is 182 cm³/mol. The summed E-state index contributed by atoms with van der Waals surface area (Å²) in [5, 5.41) is 46.6. The number of unbranched alkanes of at least 4 members (excludes halogenated alkanes) is 12. The number of likely N-dealkylation sites (N-methyl/N-ethyl adjacent to an activating group) is 2. The fourth-order valence-electron chi connectivity index (χ4n) is 5.30. The normalized spacial score (nSPS) is 14.3. The van der Waals surface area contributed by atoms with Crippen LogP contribution in [0.4, 0.5) is 0 Å². The molecule has 282 valence electrons. The largest absolute Gasteiger partial charge is 0.726 e. The molecular weight excluding hydrogens is 616 g/mol. The van der Waals surface area contributed by atoms with Gasteiger partial charge in [0.05, 0.1) is 35.3 Å². The van der Waals surface area contributed by atoms with Crippen molar-refractivity contribution in [1.29, 1.82) is 0 Å². The zero-order valence-electron chi connectivity index (χ0n) is 31.1. The summed E-state index contributed by atoms with van der Waals surface area (Å²) in [4.78, 5) is 10.2. The van der Waals surface area contributed by atoms with Crippen molar-refractivity contribution in [3.8, 4) is 0 Å². The van der Waals surface area contributed by atoms with Crippen molar-refractivity contribution < 1.29 is 56.4 Å². The van der Waals surface area contributed by atoms with Crippen LogP contribution < -0.4 is 5.11 Å². The van der Waals surface area contributed by atoms with E-state index in [9.17, 15) is 22.9 Å². The van der Waals surface area contributed by atoms with Gasteiger partial charge in [0.1, 0.15) is 50.6 Å². The minimum atomic E-state index is -4.41. The Hall–Kier alpha value is -0.900. The molecule has 0 rings (SSSR count). The van der Waals surface area contributed by atoms with Crippen molar-refractivity contribution in [3.05, 3.63) is 0 Å². The molecule has 0 heterocycles. The fourth-order valence-corrected chi connectivity index (χ4v) is 5.30. The number of hydrogen-bond acceptors (Lipinski definition) is 10. The van der Waals surface area contributed by atoms with E-state index in [1.165, 1.54) is 70.6 Å². The molecule has 0 aromatic heterocycles. The molecule has 0 amide bonds. The number of aliphatic hydroxyl groups is 4. The number of nitrogens with zero attached hydrogens (tertiary/aromatic N) is 2. The van der Waals surface area contributed by atoms with Gasteiger partial charge in [-0.05, 0) is 40.5 Å². The molecule has 0 fully saturated rings. The average Bonchev–Trinajstić information content (AvgIpc) is 2.84. The zero-order valence-corrected chi connectivity index (χ0v) is 31.9. The highest BCUT2D eigenvalue weighted by molar-refractivity contribution is 7.80. The lowest BCUT2D eigenvalue weighted by Gasteiger charge is -2.31. The number of hydrogen-bond donors (Lipinski definition) is 4. The first-order valence-corrected chi connectivity index (χ1v) is 18.4. The topological polar surface area (TPSA) is 187 Å². The van der Waals surface area contributed by atoms with Crippen LogP contribution in [0.2, 0.25) is 0 Å². The van der Waals surface area contributed by atoms with Crippen LogP contribution in [-0.4, -0.2) is 134 Å². The van der Waals surface area contributed by atoms with Gasteiger partial charge < -0.3 is 43.8 Å². The van der Waals surface area contributed by atoms with Crippen LogP contribution in [0.1, 0.15) is 125 Å². The number of carboxylic acids is 1. The molecule has 0 radical (unpaired) electrons. The van der Waals surface area contributed by atoms with Crippen LogP contribution in [0.3, 0.4) is 0 Å². The zero-order chi connectivity index (χ0) is 36.8. The second-order valence-electron chi connectivity index (χ2n) is 13.9. The Kier molecular flexibility index (Phi) is 35.4. The van der Waals surface area contributed by atoms with Crippen molar-refractivity contribution in [2.75, 3.05) is 61.5 Å². The number of aliphatic hydroxyl groups excluding tert-OH is 4. The van der Waals surface area contributed by atoms with E-state index in [4.69, 9.17) is 20.4 Å². The highest BCUT2D eigenvalue weighted by Crippen LogP contribution is 2.12. The van der Waals surface area contributed by atoms with Gasteiger partial charge in [0, 0.05) is 5.97 Å². The van der Waals surface area contributed by atoms with E-state index in [1.54, 1.807) is 27.7 Å². The summed E-state index contributed by atoms with van der Waals surface area (Å²) in [5.74, 6) is -0.905. The maximum Gasteiger partial charge on any atom is 0.217 e. The third kappa shape index (κ3) is 55.5. The molecule has 4 unspecified atom stereocenters. The van der Waals surface area contributed by atoms with Gasteiger partial charge >= 0.3 is 0 Å². The number of rotatable bonds is 23. The summed E-state index contributed by atoms with van der Waals surface area (Å²) < 4.78 is 32.3. The summed E-state index contributed by atoms with van der Waals surface area (Å²) in [6, 6.07) is 0. The molecule has 13 heteroatoms. The van der Waals surface area contributed by atoms with Crippen LogP contribution in [-0.2, 0) is 19.4 Å². The first-order chi connectivity index (χ1) is 21.0. The number of aliphatic carboxylic acids is 1. The second kappa shape index (κ2) is 31.4. The Bertz CT molecular complexity index is 722. The van der Waals surface area contributed by atoms with Crippen molar-refractivity contribution in [3.63, 3.8) is 0 Å². The van der Waals surface area contributed by atoms with Gasteiger partial charge in [-0.1, -0.05) is 84.0 Å². The third-order valence-electron chi connectivity index (χ3n) is 6.72. The van der Waals surface area contributed by atoms with Crippen molar-refractivity contribution in [2.45, 2.75) is 149 Å². The summed E-state index contributed by atoms with van der Waals surface area (Å²) in [5.41, 5.74) is 0. The van der Waals surface area contributed by atoms with Crippen LogP contribution in [0.25, 0.3) is 0 Å². The minimum absolute atomic E-state index is 0.234. The molecule has 0 spiro atoms. The quantitative estimate of drug-likeness (QED) is 0.0537. The lowest BCUT2D eigenvalue weighted by atomic mass is 10.0. The van der Waals surface area contributed by atoms with E-state index in [-0.39, 0.29) is 30.8 Å². The standard InChI is InChI=1S/C16H32O2.2C8H20NO2.CH4O4S/c1-2-3-4-5-6-7-8-9-10-11-12-13-14-15-16(17)18;2*1-7(10)5-9(3,4)6-8(2)11;1-5-6(2,3)4/h2-15H2,1H3,(H,17,18);2*7-8,10-11H,5-6H2,1-4H3;1H3,(H,2,3,4)/q;2*+1;/p-2. The van der Waals surface area contributed by atoms with Crippen LogP contribution in [0.15, 0.2) is 0 Å². The van der Waals surface area contributed by atoms with Crippen molar-refractivity contribution in [1.82, 2.24) is 0 Å². The van der Waals surface area contributed by atoms with E-state index >= 15 is 0 Å². The van der Waals surface area contributed by atoms with Crippen LogP contribution in [0, 0.1) is 0 Å². The van der Waals surface area contributed by atoms with Gasteiger partial charge in [-0.15, -0.1) is 0 Å². The Balaban J connectivity index is -0.000000274. The van der Waals surface area contributed by atoms with E-state index in [2.05, 4.69) is 11.1 Å². The molecule has 46 heavy (non-hydrogen) atoms. The van der Waals surface area contributed by atoms with Crippen molar-refractivity contribution in [2.24, 2.45) is 0 Å². The van der Waals surface area contributed by atoms with E-state index in [0.717, 1.165) is 20.0 Å². The van der Waals surface area contributed by atoms with Crippen LogP contribution in [0.5, 0.6) is 0 Å². The lowest BCUT2D eigenvalue weighted by molar-refractivity contribution is -0.895. The second-order valence-corrected chi connectivity index (χ2v) is 15.1. The molecule has 0 saturated heterocycles. The SMILES string of the molecule is CC(O)C[N+](C)(C)CC(C)O.CC(O)C[N+](C)(C)CC(C)O.CCCCCCCCCCCCCCCC(=O)[O-].COS(=O)(=O)[O-]. The van der Waals surface area contributed by atoms with E-state index in [0.29, 0.717) is 35.1 Å². The molecule has 0 bridgehead atoms. The summed E-state index contributed by atoms with van der Waals surface area (Å²) in [7, 11) is 4.39. The Labute approximate surface area is 282 Å². The molecule has 0 saturated carbocycles. The Morgan fingerprint density at radius 2 is 0.826 bits per heavy atom. The van der Waals surface area contributed by atoms with E-state index in [1.807, 2.05) is 28.2 Å². The lowest BCUT2D eigenvalue weighted by Crippen LogP contribution is -2.48. The number of quaternary nitrogens is 2. The van der Waals surface area contributed by atoms with Gasteiger partial charge in [-0.25, -0.2) is 8.42 Å². The molecule has 0 aliphatic rings. The van der Waals surface area contributed by atoms with E-state index < -0.39 is 16.4 Å². The monoisotopic (exact) mass is 691 g/mol. The Morgan fingerprint density at radius 3 is 1.00 bits per heavy atom. The smallest absolute Gasteiger partial charge is 0.217 e. The van der Waals surface area contributed by atoms with Crippen molar-refractivity contribution >= 4 is 16.4 Å². The van der Waals surface area contributed by atoms with Gasteiger partial charge in [0.2, 0.25) is 10.4 Å². The Morgan fingerprint density at radius 1 is 0.609 bits per heavy atom. The number of carbonyl (C=O) groups is 1. The highest BCUT2D eigenvalue weighted by atomic mass is 32.3. The van der Waals surface area contributed by atoms with Gasteiger partial charge in [0.15, 0.2) is 0 Å². The number of carboxylic acid groups (broad SMARTS) is 1. The molecule has 0 aliphatic heterocycles. The third-order valence-corrected chi connectivity index (χ3v) is 7.13. The molecule has 4 N–H and O–H groups in total. The first-order valence-electron chi connectivity index (χ1n) is 17.1. The first kappa shape index (κ1) is 51.9. The fraction of sp³-hybridized carbons (Fsp3) is 0.970. The highest BCUT2D eigenvalue weighted by Gasteiger charge is 2.20. The average molecular weight is 691 g/mol. The summed E-state index contributed by atoms with van der Waals surface area (Å²) in [6.07, 6.45) is 15.7. The number of carbonyl (C=O) groups excluding carboxylic acids is 1. The molecule has 0 aromatic rings. The van der Waals surface area contributed by atoms with Gasteiger partial charge in [0.25, 0.3) is 0 Å². The molecular formula is C33H74N2O10S. The maximum atomic E-state index is 10.2. The minimum Gasteiger partial charge on any atom is -0.726 e. The van der Waals surface area contributed by atoms with Gasteiger partial charge in [-0.2, -0.15) is 0 Å². The molecule has 4 atom stereocenters. The summed E-state index contributed by atoms with van der Waals surface area (Å²) in [6.45, 7) is 12.1. The maximum absolute atomic E-state index is 10.2. The molecule has 0 aromatic carbocycles. The van der Waals surface area contributed by atoms with Crippen LogP contribution >= 0.6 is 0 Å². The molecule has 12 nitrogen and oxygen atoms in total.